The number of anilines is 1. The quantitative estimate of drug-likeness (QED) is 0.0501. The molecule has 8 rings (SSSR count). The van der Waals surface area contributed by atoms with E-state index in [0.717, 1.165) is 86.8 Å². The first-order valence-electron chi connectivity index (χ1n) is 28.0. The molecule has 2 aromatic rings. The number of rotatable bonds is 25. The van der Waals surface area contributed by atoms with E-state index in [1.165, 1.54) is 13.8 Å². The molecular weight excluding hydrogens is 1160 g/mol. The van der Waals surface area contributed by atoms with E-state index in [4.69, 9.17) is 29.0 Å². The molecule has 0 bridgehead atoms. The second-order valence-electron chi connectivity index (χ2n) is 24.4. The number of aromatic nitrogens is 4. The average Bonchev–Trinajstić information content (AvgIpc) is 1.99. The van der Waals surface area contributed by atoms with Crippen molar-refractivity contribution in [2.75, 3.05) is 51.0 Å². The molecule has 4 saturated carbocycles. The van der Waals surface area contributed by atoms with Gasteiger partial charge in [-0.1, -0.05) is 46.4 Å². The van der Waals surface area contributed by atoms with E-state index in [2.05, 4.69) is 55.2 Å². The van der Waals surface area contributed by atoms with Crippen LogP contribution in [0.15, 0.2) is 12.7 Å². The van der Waals surface area contributed by atoms with Gasteiger partial charge in [0.1, 0.15) is 36.3 Å². The number of nitrogens with zero attached hydrogens (tertiary/aromatic N) is 4. The summed E-state index contributed by atoms with van der Waals surface area (Å²) in [6.07, 6.45) is 1.56. The number of carbonyl (C=O) groups excluding carboxylic acids is 3. The molecule has 2 saturated heterocycles. The number of amides is 2. The fourth-order valence-corrected chi connectivity index (χ4v) is 18.1. The summed E-state index contributed by atoms with van der Waals surface area (Å²) in [5, 5.41) is 49.0. The molecular formula is C50H82N7O21P3S. The maximum Gasteiger partial charge on any atom is 0.481 e. The number of nitrogen functional groups attached to an aromatic ring is 1. The molecule has 0 radical (unpaired) electrons. The van der Waals surface area contributed by atoms with Crippen molar-refractivity contribution in [1.82, 2.24) is 30.2 Å². The summed E-state index contributed by atoms with van der Waals surface area (Å²) >= 11 is 1.06. The van der Waals surface area contributed by atoms with E-state index in [1.807, 2.05) is 6.92 Å². The van der Waals surface area contributed by atoms with Crippen molar-refractivity contribution in [3.8, 4) is 0 Å². The number of ether oxygens (including phenoxy) is 3. The van der Waals surface area contributed by atoms with Crippen LogP contribution in [0.3, 0.4) is 0 Å². The van der Waals surface area contributed by atoms with E-state index < -0.39 is 96.3 Å². The fraction of sp³-hybridized carbons (Fsp3) is 0.840. The van der Waals surface area contributed by atoms with Crippen molar-refractivity contribution in [1.29, 1.82) is 0 Å². The van der Waals surface area contributed by atoms with Gasteiger partial charge in [0, 0.05) is 37.1 Å². The maximum absolute atomic E-state index is 13.6. The summed E-state index contributed by atoms with van der Waals surface area (Å²) in [6, 6.07) is 0. The minimum absolute atomic E-state index is 0.0251. The van der Waals surface area contributed by atoms with Crippen molar-refractivity contribution in [2.45, 2.75) is 161 Å². The lowest BCUT2D eigenvalue weighted by molar-refractivity contribution is -0.197. The highest BCUT2D eigenvalue weighted by molar-refractivity contribution is 8.13. The Bertz CT molecular complexity index is 2760. The van der Waals surface area contributed by atoms with Gasteiger partial charge in [-0.05, 0) is 111 Å². The van der Waals surface area contributed by atoms with E-state index >= 15 is 0 Å². The average molecular weight is 1240 g/mol. The lowest BCUT2D eigenvalue weighted by Crippen LogP contribution is -2.58. The molecule has 464 valence electrons. The number of hydrogen-bond acceptors (Lipinski definition) is 22. The number of hydrogen-bond donors (Lipinski definition) is 11. The zero-order valence-electron chi connectivity index (χ0n) is 47.0. The predicted molar refractivity (Wildman–Crippen MR) is 292 cm³/mol. The smallest absolute Gasteiger partial charge is 0.393 e. The predicted octanol–water partition coefficient (Wildman–Crippen LogP) is 3.45. The Morgan fingerprint density at radius 3 is 2.30 bits per heavy atom. The maximum atomic E-state index is 13.6. The summed E-state index contributed by atoms with van der Waals surface area (Å²) in [6.45, 7) is 10.1. The molecule has 4 heterocycles. The highest BCUT2D eigenvalue weighted by atomic mass is 32.2. The number of phosphoric acid groups is 3. The topological polar surface area (TPSA) is 423 Å². The van der Waals surface area contributed by atoms with Gasteiger partial charge in [0.05, 0.1) is 50.9 Å². The molecule has 28 nitrogen and oxygen atoms in total. The number of nitrogens with two attached hydrogens (primary N) is 1. The summed E-state index contributed by atoms with van der Waals surface area (Å²) in [5.74, 6) is -0.567. The van der Waals surface area contributed by atoms with Crippen LogP contribution in [0.5, 0.6) is 0 Å². The van der Waals surface area contributed by atoms with Gasteiger partial charge in [-0.2, -0.15) is 4.31 Å². The molecule has 12 N–H and O–H groups in total. The zero-order valence-corrected chi connectivity index (χ0v) is 50.5. The molecule has 4 unspecified atom stereocenters. The van der Waals surface area contributed by atoms with Crippen LogP contribution >= 0.6 is 35.2 Å². The zero-order chi connectivity index (χ0) is 60.0. The number of nitrogens with one attached hydrogen (secondary N) is 2. The molecule has 18 atom stereocenters. The van der Waals surface area contributed by atoms with Crippen molar-refractivity contribution < 1.29 is 100 Å². The Balaban J connectivity index is 0.729. The number of carbonyl (C=O) groups is 3. The Morgan fingerprint density at radius 1 is 0.915 bits per heavy atom. The Labute approximate surface area is 479 Å². The number of phosphoric ester groups is 3. The standard InChI is InChI=1S/C50H82N7O21P3S/c1-27(31-7-8-32-37-33(11-14-49(31,32)6)48(5)13-10-30(58)21-29(48)22-34(37)59)9-15-50(72-18-19-73-50)28(2)46(64)82-20-17-52-36(60)12-16-53-44(63)41(62)47(3,4)24-75-81(70,71)78-80(68,69)74-23-35-40(77-79(65,66)67)39(61)45(76-35)57-26-56-38-42(51)54-25-55-43(38)57/h25-35,37,39-41,45,58-59,61-62H,7-24H2,1-6H3,(H,52,60)(H,53,63)(H,68,69)(H,70,71)(H2,51,54,55)(H2,65,66,67)/t27-,28?,29+,30-,31-,32-,33+,34-,35-,37+,39-,40-,41?,45-,48+,49-/m1/s1. The van der Waals surface area contributed by atoms with Crippen LogP contribution in [-0.4, -0.2) is 164 Å². The Hall–Kier alpha value is -2.60. The van der Waals surface area contributed by atoms with E-state index in [1.54, 1.807) is 0 Å². The highest BCUT2D eigenvalue weighted by Crippen LogP contribution is 2.69. The largest absolute Gasteiger partial charge is 0.481 e. The minimum atomic E-state index is -5.61. The van der Waals surface area contributed by atoms with Gasteiger partial charge in [0.15, 0.2) is 28.6 Å². The number of thioether (sulfide) groups is 1. The number of fused-ring (bicyclic) bond motifs is 6. The molecule has 6 fully saturated rings. The molecule has 2 aliphatic heterocycles. The van der Waals surface area contributed by atoms with E-state index in [-0.39, 0.29) is 76.3 Å². The lowest BCUT2D eigenvalue weighted by Gasteiger charge is -2.62. The third-order valence-corrected chi connectivity index (χ3v) is 23.0. The van der Waals surface area contributed by atoms with Gasteiger partial charge in [-0.15, -0.1) is 0 Å². The van der Waals surface area contributed by atoms with Crippen LogP contribution in [-0.2, 0) is 60.2 Å². The van der Waals surface area contributed by atoms with Crippen LogP contribution in [0.4, 0.5) is 5.82 Å². The fourth-order valence-electron chi connectivity index (χ4n) is 14.5. The van der Waals surface area contributed by atoms with Crippen molar-refractivity contribution in [2.24, 2.45) is 57.7 Å². The van der Waals surface area contributed by atoms with Crippen LogP contribution in [0.25, 0.3) is 11.2 Å². The summed E-state index contributed by atoms with van der Waals surface area (Å²) in [4.78, 5) is 90.8. The third-order valence-electron chi connectivity index (χ3n) is 18.9. The molecule has 82 heavy (non-hydrogen) atoms. The summed E-state index contributed by atoms with van der Waals surface area (Å²) in [5.41, 5.74) is 4.51. The first-order valence-corrected chi connectivity index (χ1v) is 33.5. The van der Waals surface area contributed by atoms with Gasteiger partial charge in [0.2, 0.25) is 11.8 Å². The normalized spacial score (nSPS) is 34.4. The number of aliphatic hydroxyl groups excluding tert-OH is 4. The SMILES string of the molecule is CC(C(=O)SCCNC(=O)CCNC(=O)C(O)C(C)(C)COP(=O)(O)OP(=O)(O)OC[C@H]1O[C@@H](n2cnc3c(N)ncnc32)[C@H](O)[C@@H]1OP(=O)(O)O)C1(CC[C@@H](C)[C@H]2CC[C@@H]3[C@@H]4[C@H](O)C[C@@H]5C[C@H](O)CC[C@]5(C)[C@H]4CC[C@@]32C)OCCO1. The van der Waals surface area contributed by atoms with Gasteiger partial charge in [-0.25, -0.2) is 28.6 Å². The van der Waals surface area contributed by atoms with Gasteiger partial charge in [-0.3, -0.25) is 32.5 Å². The first-order chi connectivity index (χ1) is 38.3. The van der Waals surface area contributed by atoms with Gasteiger partial charge >= 0.3 is 23.5 Å². The molecule has 6 aliphatic rings. The van der Waals surface area contributed by atoms with Crippen LogP contribution in [0.1, 0.15) is 118 Å². The van der Waals surface area contributed by atoms with Crippen molar-refractivity contribution in [3.05, 3.63) is 12.7 Å². The van der Waals surface area contributed by atoms with Crippen LogP contribution in [0.2, 0.25) is 0 Å². The molecule has 2 aromatic heterocycles. The van der Waals surface area contributed by atoms with E-state index in [9.17, 15) is 68.1 Å². The second-order valence-corrected chi connectivity index (χ2v) is 29.8. The number of imidazole rings is 1. The van der Waals surface area contributed by atoms with Crippen molar-refractivity contribution in [3.63, 3.8) is 0 Å². The third kappa shape index (κ3) is 14.4. The number of aliphatic hydroxyl groups is 4. The van der Waals surface area contributed by atoms with Crippen LogP contribution in [0, 0.1) is 57.7 Å². The first kappa shape index (κ1) is 65.4. The van der Waals surface area contributed by atoms with Crippen molar-refractivity contribution >= 4 is 69.1 Å². The molecule has 32 heteroatoms. The van der Waals surface area contributed by atoms with E-state index in [0.29, 0.717) is 49.2 Å². The minimum Gasteiger partial charge on any atom is -0.393 e. The molecule has 0 spiro atoms. The van der Waals surface area contributed by atoms with Gasteiger partial charge in [0.25, 0.3) is 0 Å². The van der Waals surface area contributed by atoms with Crippen LogP contribution < -0.4 is 16.4 Å². The lowest BCUT2D eigenvalue weighted by atomic mass is 9.43. The Kier molecular flexibility index (Phi) is 20.4. The highest BCUT2D eigenvalue weighted by Gasteiger charge is 2.63. The molecule has 2 amide bonds. The second kappa shape index (κ2) is 25.6. The summed E-state index contributed by atoms with van der Waals surface area (Å²) < 4.78 is 75.4. The summed E-state index contributed by atoms with van der Waals surface area (Å²) in [7, 11) is -16.5. The molecule has 4 aliphatic carbocycles. The Morgan fingerprint density at radius 2 is 1.60 bits per heavy atom. The monoisotopic (exact) mass is 1240 g/mol. The molecule has 0 aromatic carbocycles. The van der Waals surface area contributed by atoms with Gasteiger partial charge < -0.3 is 70.6 Å².